The van der Waals surface area contributed by atoms with Crippen LogP contribution in [0.3, 0.4) is 0 Å². The van der Waals surface area contributed by atoms with Crippen LogP contribution in [-0.4, -0.2) is 36.5 Å². The van der Waals surface area contributed by atoms with E-state index in [9.17, 15) is 14.4 Å². The summed E-state index contributed by atoms with van der Waals surface area (Å²) < 4.78 is 10.7. The maximum atomic E-state index is 12.6. The fraction of sp³-hybridized carbons (Fsp3) is 0.348. The van der Waals surface area contributed by atoms with Gasteiger partial charge < -0.3 is 20.1 Å². The summed E-state index contributed by atoms with van der Waals surface area (Å²) in [4.78, 5) is 37.5. The Labute approximate surface area is 176 Å². The van der Waals surface area contributed by atoms with Crippen molar-refractivity contribution in [3.8, 4) is 5.75 Å². The number of anilines is 1. The molecule has 0 unspecified atom stereocenters. The number of carbonyl (C=O) groups excluding carboxylic acids is 3. The summed E-state index contributed by atoms with van der Waals surface area (Å²) in [7, 11) is 0. The number of hydrogen-bond donors (Lipinski definition) is 2. The average molecular weight is 412 g/mol. The van der Waals surface area contributed by atoms with E-state index in [4.69, 9.17) is 9.47 Å². The summed E-state index contributed by atoms with van der Waals surface area (Å²) in [6.45, 7) is 7.48. The van der Waals surface area contributed by atoms with Crippen molar-refractivity contribution in [2.24, 2.45) is 5.92 Å². The molecule has 0 heterocycles. The van der Waals surface area contributed by atoms with Gasteiger partial charge in [-0.15, -0.1) is 0 Å². The topological polar surface area (TPSA) is 93.7 Å². The van der Waals surface area contributed by atoms with Gasteiger partial charge in [0.2, 0.25) is 0 Å². The van der Waals surface area contributed by atoms with Crippen molar-refractivity contribution >= 4 is 23.5 Å². The molecule has 0 bridgehead atoms. The van der Waals surface area contributed by atoms with E-state index in [2.05, 4.69) is 10.6 Å². The first kappa shape index (κ1) is 22.9. The number of para-hydroxylation sites is 1. The Balaban J connectivity index is 1.98. The van der Waals surface area contributed by atoms with Gasteiger partial charge in [0, 0.05) is 11.3 Å². The van der Waals surface area contributed by atoms with Crippen molar-refractivity contribution in [2.45, 2.75) is 39.8 Å². The van der Waals surface area contributed by atoms with Gasteiger partial charge in [-0.2, -0.15) is 0 Å². The Kier molecular flexibility index (Phi) is 8.41. The third kappa shape index (κ3) is 6.62. The van der Waals surface area contributed by atoms with Crippen LogP contribution in [0.4, 0.5) is 5.69 Å². The summed E-state index contributed by atoms with van der Waals surface area (Å²) in [5.41, 5.74) is 1.00. The van der Waals surface area contributed by atoms with Crippen LogP contribution in [-0.2, 0) is 14.3 Å². The molecule has 0 radical (unpaired) electrons. The van der Waals surface area contributed by atoms with Crippen molar-refractivity contribution in [3.05, 3.63) is 60.2 Å². The lowest BCUT2D eigenvalue weighted by Crippen LogP contribution is -2.47. The van der Waals surface area contributed by atoms with Crippen molar-refractivity contribution in [2.75, 3.05) is 11.9 Å². The quantitative estimate of drug-likeness (QED) is 0.616. The Morgan fingerprint density at radius 2 is 1.57 bits per heavy atom. The highest BCUT2D eigenvalue weighted by atomic mass is 16.5. The van der Waals surface area contributed by atoms with Crippen LogP contribution in [0.25, 0.3) is 0 Å². The second-order valence-corrected chi connectivity index (χ2v) is 7.09. The molecule has 0 aliphatic rings. The number of esters is 1. The molecule has 7 nitrogen and oxygen atoms in total. The monoisotopic (exact) mass is 412 g/mol. The highest BCUT2D eigenvalue weighted by molar-refractivity contribution is 5.98. The van der Waals surface area contributed by atoms with Crippen molar-refractivity contribution in [1.82, 2.24) is 5.32 Å². The third-order valence-electron chi connectivity index (χ3n) is 4.34. The molecule has 2 atom stereocenters. The van der Waals surface area contributed by atoms with Crippen molar-refractivity contribution in [3.63, 3.8) is 0 Å². The molecule has 7 heteroatoms. The van der Waals surface area contributed by atoms with Crippen LogP contribution in [0.5, 0.6) is 5.75 Å². The molecular formula is C23H28N2O5. The Bertz CT molecular complexity index is 850. The summed E-state index contributed by atoms with van der Waals surface area (Å²) >= 11 is 0. The molecule has 160 valence electrons. The molecular weight excluding hydrogens is 384 g/mol. The van der Waals surface area contributed by atoms with E-state index in [0.717, 1.165) is 0 Å². The molecule has 0 aromatic heterocycles. The van der Waals surface area contributed by atoms with Crippen LogP contribution in [0, 0.1) is 5.92 Å². The number of amides is 2. The van der Waals surface area contributed by atoms with Gasteiger partial charge in [-0.05, 0) is 56.2 Å². The molecule has 0 aliphatic heterocycles. The number of nitrogens with one attached hydrogen (secondary N) is 2. The molecule has 2 aromatic carbocycles. The third-order valence-corrected chi connectivity index (χ3v) is 4.34. The highest BCUT2D eigenvalue weighted by Gasteiger charge is 2.29. The predicted octanol–water partition coefficient (Wildman–Crippen LogP) is 3.41. The maximum absolute atomic E-state index is 12.6. The van der Waals surface area contributed by atoms with E-state index in [0.29, 0.717) is 23.6 Å². The highest BCUT2D eigenvalue weighted by Crippen LogP contribution is 2.14. The molecule has 0 fully saturated rings. The van der Waals surface area contributed by atoms with E-state index in [-0.39, 0.29) is 5.92 Å². The lowest BCUT2D eigenvalue weighted by molar-refractivity contribution is -0.156. The molecule has 2 N–H and O–H groups in total. The van der Waals surface area contributed by atoms with E-state index in [1.807, 2.05) is 13.0 Å². The smallest absolute Gasteiger partial charge is 0.329 e. The van der Waals surface area contributed by atoms with Crippen LogP contribution in [0.2, 0.25) is 0 Å². The molecule has 2 rings (SSSR count). The minimum atomic E-state index is -1.01. The zero-order chi connectivity index (χ0) is 22.1. The largest absolute Gasteiger partial charge is 0.494 e. The first-order valence-electron chi connectivity index (χ1n) is 9.92. The standard InChI is InChI=1S/C23H28N2O5/c1-5-29-19-13-11-17(12-14-19)22(27)25-20(15(2)3)23(28)30-16(4)21(26)24-18-9-7-6-8-10-18/h6-16,20H,5H2,1-4H3,(H,24,26)(H,25,27)/t16-,20+/m1/s1. The molecule has 2 amide bonds. The van der Waals surface area contributed by atoms with E-state index < -0.39 is 29.9 Å². The van der Waals surface area contributed by atoms with Crippen molar-refractivity contribution in [1.29, 1.82) is 0 Å². The summed E-state index contributed by atoms with van der Waals surface area (Å²) in [6.07, 6.45) is -1.01. The van der Waals surface area contributed by atoms with E-state index in [1.165, 1.54) is 6.92 Å². The molecule has 0 aliphatic carbocycles. The summed E-state index contributed by atoms with van der Waals surface area (Å²) in [5, 5.41) is 5.37. The second-order valence-electron chi connectivity index (χ2n) is 7.09. The van der Waals surface area contributed by atoms with Crippen LogP contribution in [0.1, 0.15) is 38.1 Å². The summed E-state index contributed by atoms with van der Waals surface area (Å²) in [5.74, 6) is -1.09. The molecule has 0 saturated heterocycles. The molecule has 0 spiro atoms. The maximum Gasteiger partial charge on any atom is 0.329 e. The lowest BCUT2D eigenvalue weighted by atomic mass is 10.0. The van der Waals surface area contributed by atoms with Gasteiger partial charge in [-0.1, -0.05) is 32.0 Å². The molecule has 0 saturated carbocycles. The first-order chi connectivity index (χ1) is 14.3. The van der Waals surface area contributed by atoms with Crippen LogP contribution >= 0.6 is 0 Å². The average Bonchev–Trinajstić information content (AvgIpc) is 2.73. The second kappa shape index (κ2) is 11.0. The van der Waals surface area contributed by atoms with Gasteiger partial charge in [0.05, 0.1) is 6.61 Å². The Morgan fingerprint density at radius 1 is 0.933 bits per heavy atom. The normalized spacial score (nSPS) is 12.6. The first-order valence-corrected chi connectivity index (χ1v) is 9.92. The van der Waals surface area contributed by atoms with Crippen molar-refractivity contribution < 1.29 is 23.9 Å². The predicted molar refractivity (Wildman–Crippen MR) is 114 cm³/mol. The van der Waals surface area contributed by atoms with Gasteiger partial charge >= 0.3 is 5.97 Å². The fourth-order valence-corrected chi connectivity index (χ4v) is 2.66. The van der Waals surface area contributed by atoms with Gasteiger partial charge in [-0.3, -0.25) is 9.59 Å². The summed E-state index contributed by atoms with van der Waals surface area (Å²) in [6, 6.07) is 14.6. The fourth-order valence-electron chi connectivity index (χ4n) is 2.66. The van der Waals surface area contributed by atoms with Crippen LogP contribution < -0.4 is 15.4 Å². The zero-order valence-corrected chi connectivity index (χ0v) is 17.7. The van der Waals surface area contributed by atoms with Gasteiger partial charge in [0.25, 0.3) is 11.8 Å². The van der Waals surface area contributed by atoms with E-state index in [1.54, 1.807) is 62.4 Å². The number of carbonyl (C=O) groups is 3. The minimum Gasteiger partial charge on any atom is -0.494 e. The SMILES string of the molecule is CCOc1ccc(C(=O)N[C@H](C(=O)O[C@H](C)C(=O)Nc2ccccc2)C(C)C)cc1. The Morgan fingerprint density at radius 3 is 2.13 bits per heavy atom. The number of benzene rings is 2. The van der Waals surface area contributed by atoms with E-state index >= 15 is 0 Å². The lowest BCUT2D eigenvalue weighted by Gasteiger charge is -2.23. The van der Waals surface area contributed by atoms with Gasteiger partial charge in [0.1, 0.15) is 11.8 Å². The number of rotatable bonds is 9. The number of ether oxygens (including phenoxy) is 2. The Hall–Kier alpha value is -3.35. The van der Waals surface area contributed by atoms with Crippen LogP contribution in [0.15, 0.2) is 54.6 Å². The van der Waals surface area contributed by atoms with Gasteiger partial charge in [0.15, 0.2) is 6.10 Å². The zero-order valence-electron chi connectivity index (χ0n) is 17.7. The molecule has 30 heavy (non-hydrogen) atoms. The molecule has 2 aromatic rings. The number of hydrogen-bond acceptors (Lipinski definition) is 5. The van der Waals surface area contributed by atoms with Gasteiger partial charge in [-0.25, -0.2) is 4.79 Å². The minimum absolute atomic E-state index is 0.228.